The molecule has 0 aliphatic carbocycles. The Bertz CT molecular complexity index is 132. The highest BCUT2D eigenvalue weighted by Crippen LogP contribution is 2.15. The lowest BCUT2D eigenvalue weighted by Crippen LogP contribution is -2.43. The predicted molar refractivity (Wildman–Crippen MR) is 58.0 cm³/mol. The van der Waals surface area contributed by atoms with E-state index in [9.17, 15) is 0 Å². The summed E-state index contributed by atoms with van der Waals surface area (Å²) >= 11 is 0. The fourth-order valence-electron chi connectivity index (χ4n) is 2.19. The first-order chi connectivity index (χ1) is 6.26. The third-order valence-corrected chi connectivity index (χ3v) is 3.12. The molecule has 0 spiro atoms. The second-order valence-corrected chi connectivity index (χ2v) is 4.40. The number of likely N-dealkylation sites (N-methyl/N-ethyl adjacent to an activating group) is 1. The molecule has 0 bridgehead atoms. The number of likely N-dealkylation sites (tertiary alicyclic amines) is 1. The molecule has 1 N–H and O–H groups in total. The number of nitrogens with one attached hydrogen (secondary N) is 1. The van der Waals surface area contributed by atoms with Crippen molar-refractivity contribution in [2.75, 3.05) is 26.7 Å². The van der Waals surface area contributed by atoms with E-state index in [2.05, 4.69) is 31.1 Å². The summed E-state index contributed by atoms with van der Waals surface area (Å²) in [5.41, 5.74) is 0. The normalized spacial score (nSPS) is 27.5. The molecule has 0 saturated carbocycles. The minimum atomic E-state index is 0.685. The van der Waals surface area contributed by atoms with Gasteiger partial charge in [-0.3, -0.25) is 0 Å². The summed E-state index contributed by atoms with van der Waals surface area (Å²) in [4.78, 5) is 2.61. The fourth-order valence-corrected chi connectivity index (χ4v) is 2.19. The number of nitrogens with zero attached hydrogens (tertiary/aromatic N) is 1. The molecular weight excluding hydrogens is 160 g/mol. The quantitative estimate of drug-likeness (QED) is 0.715. The lowest BCUT2D eigenvalue weighted by molar-refractivity contribution is 0.167. The van der Waals surface area contributed by atoms with Crippen molar-refractivity contribution in [3.8, 4) is 0 Å². The molecule has 1 aliphatic heterocycles. The summed E-state index contributed by atoms with van der Waals surface area (Å²) in [6.07, 6.45) is 4.05. The fraction of sp³-hybridized carbons (Fsp3) is 1.00. The molecule has 0 aromatic heterocycles. The number of piperidine rings is 1. The zero-order valence-corrected chi connectivity index (χ0v) is 9.34. The Morgan fingerprint density at radius 3 is 2.85 bits per heavy atom. The maximum absolute atomic E-state index is 3.37. The molecule has 1 saturated heterocycles. The zero-order valence-electron chi connectivity index (χ0n) is 9.34. The van der Waals surface area contributed by atoms with Crippen LogP contribution >= 0.6 is 0 Å². The SMILES string of the molecule is CCC(CN1CCCC(C)C1)NC. The van der Waals surface area contributed by atoms with Crippen molar-refractivity contribution in [1.29, 1.82) is 0 Å². The highest BCUT2D eigenvalue weighted by Gasteiger charge is 2.17. The van der Waals surface area contributed by atoms with Gasteiger partial charge < -0.3 is 10.2 Å². The van der Waals surface area contributed by atoms with Gasteiger partial charge in [-0.25, -0.2) is 0 Å². The van der Waals surface area contributed by atoms with E-state index in [1.54, 1.807) is 0 Å². The molecule has 0 aromatic rings. The molecule has 2 unspecified atom stereocenters. The molecule has 78 valence electrons. The summed E-state index contributed by atoms with van der Waals surface area (Å²) in [5, 5.41) is 3.37. The van der Waals surface area contributed by atoms with Crippen molar-refractivity contribution >= 4 is 0 Å². The Hall–Kier alpha value is -0.0800. The number of hydrogen-bond donors (Lipinski definition) is 1. The maximum atomic E-state index is 3.37. The molecule has 1 aliphatic rings. The second-order valence-electron chi connectivity index (χ2n) is 4.40. The van der Waals surface area contributed by atoms with Crippen LogP contribution in [0.2, 0.25) is 0 Å². The van der Waals surface area contributed by atoms with E-state index in [0.717, 1.165) is 5.92 Å². The van der Waals surface area contributed by atoms with Crippen LogP contribution in [0.5, 0.6) is 0 Å². The second kappa shape index (κ2) is 5.61. The molecule has 13 heavy (non-hydrogen) atoms. The van der Waals surface area contributed by atoms with E-state index in [0.29, 0.717) is 6.04 Å². The Labute approximate surface area is 82.7 Å². The van der Waals surface area contributed by atoms with Crippen LogP contribution in [0.3, 0.4) is 0 Å². The van der Waals surface area contributed by atoms with Crippen LogP contribution in [0.25, 0.3) is 0 Å². The molecule has 0 aromatic carbocycles. The van der Waals surface area contributed by atoms with Gasteiger partial charge in [0.05, 0.1) is 0 Å². The van der Waals surface area contributed by atoms with Crippen LogP contribution in [-0.4, -0.2) is 37.6 Å². The first kappa shape index (κ1) is 11.0. The highest BCUT2D eigenvalue weighted by molar-refractivity contribution is 4.74. The molecule has 2 nitrogen and oxygen atoms in total. The van der Waals surface area contributed by atoms with Crippen molar-refractivity contribution in [3.05, 3.63) is 0 Å². The Kier molecular flexibility index (Phi) is 4.74. The van der Waals surface area contributed by atoms with E-state index < -0.39 is 0 Å². The van der Waals surface area contributed by atoms with Gasteiger partial charge in [0.1, 0.15) is 0 Å². The van der Waals surface area contributed by atoms with Gasteiger partial charge in [0.15, 0.2) is 0 Å². The lowest BCUT2D eigenvalue weighted by atomic mass is 10.00. The predicted octanol–water partition coefficient (Wildman–Crippen LogP) is 1.72. The Morgan fingerprint density at radius 2 is 2.31 bits per heavy atom. The molecule has 1 fully saturated rings. The summed E-state index contributed by atoms with van der Waals surface area (Å²) in [5.74, 6) is 0.906. The summed E-state index contributed by atoms with van der Waals surface area (Å²) in [6.45, 7) is 8.47. The molecule has 1 rings (SSSR count). The van der Waals surface area contributed by atoms with Gasteiger partial charge in [-0.1, -0.05) is 13.8 Å². The third-order valence-electron chi connectivity index (χ3n) is 3.12. The van der Waals surface area contributed by atoms with Crippen molar-refractivity contribution in [2.24, 2.45) is 5.92 Å². The van der Waals surface area contributed by atoms with Gasteiger partial charge >= 0.3 is 0 Å². The first-order valence-electron chi connectivity index (χ1n) is 5.65. The van der Waals surface area contributed by atoms with Gasteiger partial charge in [-0.05, 0) is 38.8 Å². The standard InChI is InChI=1S/C11H24N2/c1-4-11(12-3)9-13-7-5-6-10(2)8-13/h10-12H,4-9H2,1-3H3. The van der Waals surface area contributed by atoms with Crippen molar-refractivity contribution in [2.45, 2.75) is 39.2 Å². The average Bonchev–Trinajstić information content (AvgIpc) is 2.14. The molecule has 1 heterocycles. The Morgan fingerprint density at radius 1 is 1.54 bits per heavy atom. The smallest absolute Gasteiger partial charge is 0.0189 e. The van der Waals surface area contributed by atoms with Gasteiger partial charge in [0.2, 0.25) is 0 Å². The summed E-state index contributed by atoms with van der Waals surface area (Å²) in [7, 11) is 2.07. The van der Waals surface area contributed by atoms with Crippen LogP contribution in [0, 0.1) is 5.92 Å². The van der Waals surface area contributed by atoms with E-state index in [1.807, 2.05) is 0 Å². The van der Waals surface area contributed by atoms with Crippen LogP contribution in [0.1, 0.15) is 33.1 Å². The first-order valence-corrected chi connectivity index (χ1v) is 5.65. The van der Waals surface area contributed by atoms with Crippen molar-refractivity contribution in [1.82, 2.24) is 10.2 Å². The third kappa shape index (κ3) is 3.65. The zero-order chi connectivity index (χ0) is 9.68. The Balaban J connectivity index is 2.26. The van der Waals surface area contributed by atoms with Crippen LogP contribution < -0.4 is 5.32 Å². The highest BCUT2D eigenvalue weighted by atomic mass is 15.2. The maximum Gasteiger partial charge on any atom is 0.0189 e. The topological polar surface area (TPSA) is 15.3 Å². The van der Waals surface area contributed by atoms with Crippen LogP contribution in [0.15, 0.2) is 0 Å². The van der Waals surface area contributed by atoms with Gasteiger partial charge in [-0.2, -0.15) is 0 Å². The van der Waals surface area contributed by atoms with Crippen molar-refractivity contribution < 1.29 is 0 Å². The van der Waals surface area contributed by atoms with Gasteiger partial charge in [0, 0.05) is 19.1 Å². The van der Waals surface area contributed by atoms with E-state index in [1.165, 1.54) is 38.9 Å². The molecule has 0 radical (unpaired) electrons. The average molecular weight is 184 g/mol. The van der Waals surface area contributed by atoms with E-state index in [4.69, 9.17) is 0 Å². The molecule has 2 heteroatoms. The van der Waals surface area contributed by atoms with Crippen molar-refractivity contribution in [3.63, 3.8) is 0 Å². The number of rotatable bonds is 4. The van der Waals surface area contributed by atoms with Gasteiger partial charge in [0.25, 0.3) is 0 Å². The summed E-state index contributed by atoms with van der Waals surface area (Å²) < 4.78 is 0. The van der Waals surface area contributed by atoms with Crippen LogP contribution in [-0.2, 0) is 0 Å². The summed E-state index contributed by atoms with van der Waals surface area (Å²) in [6, 6.07) is 0.685. The molecular formula is C11H24N2. The number of hydrogen-bond acceptors (Lipinski definition) is 2. The molecule has 2 atom stereocenters. The lowest BCUT2D eigenvalue weighted by Gasteiger charge is -2.33. The monoisotopic (exact) mass is 184 g/mol. The minimum absolute atomic E-state index is 0.685. The van der Waals surface area contributed by atoms with Crippen LogP contribution in [0.4, 0.5) is 0 Å². The minimum Gasteiger partial charge on any atom is -0.316 e. The van der Waals surface area contributed by atoms with E-state index in [-0.39, 0.29) is 0 Å². The molecule has 0 amide bonds. The van der Waals surface area contributed by atoms with Gasteiger partial charge in [-0.15, -0.1) is 0 Å². The van der Waals surface area contributed by atoms with E-state index >= 15 is 0 Å². The largest absolute Gasteiger partial charge is 0.316 e.